The highest BCUT2D eigenvalue weighted by molar-refractivity contribution is 5.91. The van der Waals surface area contributed by atoms with Gasteiger partial charge in [0.1, 0.15) is 6.04 Å². The van der Waals surface area contributed by atoms with Crippen LogP contribution in [0.4, 0.5) is 0 Å². The van der Waals surface area contributed by atoms with Crippen LogP contribution in [0.1, 0.15) is 66.4 Å². The number of nitrogens with one attached hydrogen (secondary N) is 1. The van der Waals surface area contributed by atoms with E-state index in [2.05, 4.69) is 22.3 Å². The van der Waals surface area contributed by atoms with Crippen molar-refractivity contribution in [2.24, 2.45) is 11.3 Å². The fourth-order valence-electron chi connectivity index (χ4n) is 4.93. The topological polar surface area (TPSA) is 79.0 Å². The molecule has 200 valence electrons. The monoisotopic (exact) mass is 499 g/mol. The second-order valence-electron chi connectivity index (χ2n) is 11.3. The predicted molar refractivity (Wildman–Crippen MR) is 143 cm³/mol. The van der Waals surface area contributed by atoms with Crippen LogP contribution < -0.4 is 5.32 Å². The number of nitrogens with zero attached hydrogens (tertiary/aromatic N) is 2. The second kappa shape index (κ2) is 12.5. The Morgan fingerprint density at radius 2 is 1.81 bits per heavy atom. The van der Waals surface area contributed by atoms with Crippen molar-refractivity contribution in [2.45, 2.75) is 78.9 Å². The molecule has 1 aliphatic heterocycles. The van der Waals surface area contributed by atoms with Crippen molar-refractivity contribution in [2.75, 3.05) is 27.2 Å². The Hall–Kier alpha value is -2.67. The largest absolute Gasteiger partial charge is 0.463 e. The highest BCUT2D eigenvalue weighted by atomic mass is 16.5. The first kappa shape index (κ1) is 29.6. The Bertz CT molecular complexity index is 936. The van der Waals surface area contributed by atoms with E-state index in [1.165, 1.54) is 0 Å². The van der Waals surface area contributed by atoms with Crippen LogP contribution in [-0.4, -0.2) is 73.0 Å². The predicted octanol–water partition coefficient (Wildman–Crippen LogP) is 4.00. The van der Waals surface area contributed by atoms with E-state index in [1.807, 2.05) is 59.9 Å². The normalized spacial score (nSPS) is 20.7. The van der Waals surface area contributed by atoms with Gasteiger partial charge < -0.3 is 15.0 Å². The van der Waals surface area contributed by atoms with Gasteiger partial charge in [-0.2, -0.15) is 0 Å². The maximum absolute atomic E-state index is 13.8. The molecule has 1 saturated heterocycles. The van der Waals surface area contributed by atoms with Crippen molar-refractivity contribution in [3.05, 3.63) is 47.5 Å². The molecule has 0 saturated carbocycles. The molecule has 7 heteroatoms. The number of benzene rings is 1. The lowest BCUT2D eigenvalue weighted by molar-refractivity contribution is -0.141. The van der Waals surface area contributed by atoms with Crippen molar-refractivity contribution in [3.63, 3.8) is 0 Å². The summed E-state index contributed by atoms with van der Waals surface area (Å²) >= 11 is 0. The summed E-state index contributed by atoms with van der Waals surface area (Å²) in [5.41, 5.74) is 1.09. The second-order valence-corrected chi connectivity index (χ2v) is 11.3. The molecule has 1 heterocycles. The minimum absolute atomic E-state index is 0.0584. The van der Waals surface area contributed by atoms with E-state index in [1.54, 1.807) is 31.9 Å². The van der Waals surface area contributed by atoms with Gasteiger partial charge in [0.25, 0.3) is 0 Å². The van der Waals surface area contributed by atoms with Gasteiger partial charge in [0.2, 0.25) is 11.8 Å². The van der Waals surface area contributed by atoms with E-state index in [0.29, 0.717) is 12.2 Å². The lowest BCUT2D eigenvalue weighted by Gasteiger charge is -2.38. The van der Waals surface area contributed by atoms with Crippen LogP contribution in [-0.2, 0) is 19.1 Å². The highest BCUT2D eigenvalue weighted by Crippen LogP contribution is 2.33. The number of likely N-dealkylation sites (N-methyl/N-ethyl adjacent to an activating group) is 2. The molecular weight excluding hydrogens is 454 g/mol. The van der Waals surface area contributed by atoms with Gasteiger partial charge in [-0.3, -0.25) is 14.5 Å². The van der Waals surface area contributed by atoms with E-state index in [-0.39, 0.29) is 41.7 Å². The first-order valence-corrected chi connectivity index (χ1v) is 13.0. The van der Waals surface area contributed by atoms with Crippen molar-refractivity contribution in [3.8, 4) is 0 Å². The Labute approximate surface area is 217 Å². The average molecular weight is 500 g/mol. The Morgan fingerprint density at radius 1 is 1.19 bits per heavy atom. The molecule has 2 amide bonds. The summed E-state index contributed by atoms with van der Waals surface area (Å²) in [6.45, 7) is 14.5. The maximum atomic E-state index is 13.8. The summed E-state index contributed by atoms with van der Waals surface area (Å²) in [5, 5.41) is 3.12. The summed E-state index contributed by atoms with van der Waals surface area (Å²) in [4.78, 5) is 43.4. The third-order valence-electron chi connectivity index (χ3n) is 7.04. The van der Waals surface area contributed by atoms with Gasteiger partial charge in [-0.1, -0.05) is 71.0 Å². The molecule has 1 N–H and O–H groups in total. The van der Waals surface area contributed by atoms with Crippen molar-refractivity contribution < 1.29 is 19.1 Å². The van der Waals surface area contributed by atoms with Crippen LogP contribution in [0, 0.1) is 11.3 Å². The Kier molecular flexibility index (Phi) is 10.3. The third-order valence-corrected chi connectivity index (χ3v) is 7.04. The minimum Gasteiger partial charge on any atom is -0.463 e. The highest BCUT2D eigenvalue weighted by Gasteiger charge is 2.42. The summed E-state index contributed by atoms with van der Waals surface area (Å²) in [6.07, 6.45) is 2.68. The number of esters is 1. The van der Waals surface area contributed by atoms with Crippen LogP contribution in [0.25, 0.3) is 0 Å². The van der Waals surface area contributed by atoms with Crippen molar-refractivity contribution >= 4 is 17.8 Å². The lowest BCUT2D eigenvalue weighted by Crippen LogP contribution is -2.59. The number of carbonyl (C=O) groups excluding carboxylic acids is 3. The fourth-order valence-corrected chi connectivity index (χ4v) is 4.93. The zero-order valence-corrected chi connectivity index (χ0v) is 23.5. The number of likely N-dealkylation sites (tertiary alicyclic amines) is 1. The van der Waals surface area contributed by atoms with Gasteiger partial charge in [0.05, 0.1) is 18.7 Å². The van der Waals surface area contributed by atoms with E-state index < -0.39 is 11.5 Å². The molecule has 1 fully saturated rings. The molecule has 36 heavy (non-hydrogen) atoms. The van der Waals surface area contributed by atoms with Crippen LogP contribution in [0.3, 0.4) is 0 Å². The number of amides is 2. The molecule has 1 aromatic carbocycles. The smallest absolute Gasteiger partial charge is 0.333 e. The van der Waals surface area contributed by atoms with Gasteiger partial charge in [0.15, 0.2) is 0 Å². The van der Waals surface area contributed by atoms with E-state index in [0.717, 1.165) is 18.5 Å². The quantitative estimate of drug-likeness (QED) is 0.410. The molecule has 1 unspecified atom stereocenters. The molecule has 2 rings (SSSR count). The van der Waals surface area contributed by atoms with E-state index >= 15 is 0 Å². The molecular formula is C29H45N3O4. The number of hydrogen-bond donors (Lipinski definition) is 1. The first-order chi connectivity index (χ1) is 16.8. The van der Waals surface area contributed by atoms with Gasteiger partial charge in [0, 0.05) is 18.5 Å². The Morgan fingerprint density at radius 3 is 2.33 bits per heavy atom. The van der Waals surface area contributed by atoms with Crippen molar-refractivity contribution in [1.29, 1.82) is 0 Å². The van der Waals surface area contributed by atoms with Gasteiger partial charge in [-0.05, 0) is 50.8 Å². The zero-order valence-electron chi connectivity index (χ0n) is 23.5. The summed E-state index contributed by atoms with van der Waals surface area (Å²) < 4.78 is 5.12. The summed E-state index contributed by atoms with van der Waals surface area (Å²) in [6, 6.07) is 8.71. The maximum Gasteiger partial charge on any atom is 0.333 e. The molecule has 4 atom stereocenters. The molecule has 7 nitrogen and oxygen atoms in total. The third kappa shape index (κ3) is 7.19. The van der Waals surface area contributed by atoms with Gasteiger partial charge >= 0.3 is 5.97 Å². The Balaban J connectivity index is 2.30. The standard InChI is InChI=1S/C29H45N3O4/c1-10-36-28(35)20(4)18-23(19(2)3)32(9)27(34)25(29(5,6)7)30-26(33)24-22(16-17-31(24)8)21-14-12-11-13-15-21/h11-15,18-19,22-25H,10,16-17H2,1-9H3,(H,30,33)/t22-,23-,24?,25-/m1/s1. The number of rotatable bonds is 9. The van der Waals surface area contributed by atoms with Crippen LogP contribution in [0.5, 0.6) is 0 Å². The number of ether oxygens (including phenoxy) is 1. The molecule has 1 aromatic rings. The summed E-state index contributed by atoms with van der Waals surface area (Å²) in [5.74, 6) is -0.573. The summed E-state index contributed by atoms with van der Waals surface area (Å²) in [7, 11) is 3.70. The molecule has 0 bridgehead atoms. The van der Waals surface area contributed by atoms with Crippen molar-refractivity contribution in [1.82, 2.24) is 15.1 Å². The molecule has 0 spiro atoms. The average Bonchev–Trinajstić information content (AvgIpc) is 3.21. The number of carbonyl (C=O) groups is 3. The van der Waals surface area contributed by atoms with Crippen LogP contribution in [0.15, 0.2) is 42.0 Å². The van der Waals surface area contributed by atoms with E-state index in [4.69, 9.17) is 4.74 Å². The van der Waals surface area contributed by atoms with Crippen LogP contribution >= 0.6 is 0 Å². The van der Waals surface area contributed by atoms with Gasteiger partial charge in [-0.15, -0.1) is 0 Å². The minimum atomic E-state index is -0.724. The first-order valence-electron chi connectivity index (χ1n) is 13.0. The van der Waals surface area contributed by atoms with E-state index in [9.17, 15) is 14.4 Å². The lowest BCUT2D eigenvalue weighted by atomic mass is 9.84. The molecule has 0 aliphatic carbocycles. The molecule has 0 aromatic heterocycles. The molecule has 1 aliphatic rings. The van der Waals surface area contributed by atoms with Gasteiger partial charge in [-0.25, -0.2) is 4.79 Å². The van der Waals surface area contributed by atoms with Crippen LogP contribution in [0.2, 0.25) is 0 Å². The number of hydrogen-bond acceptors (Lipinski definition) is 5. The zero-order chi connectivity index (χ0) is 27.2. The fraction of sp³-hybridized carbons (Fsp3) is 0.621. The SMILES string of the molecule is CCOC(=O)C(C)=C[C@H](C(C)C)N(C)C(=O)[C@@H](NC(=O)C1[C@@H](c2ccccc2)CCN1C)C(C)(C)C. The molecule has 0 radical (unpaired) electrons.